The summed E-state index contributed by atoms with van der Waals surface area (Å²) in [6, 6.07) is 17.0. The van der Waals surface area contributed by atoms with Crippen LogP contribution in [0.3, 0.4) is 0 Å². The Bertz CT molecular complexity index is 757. The number of nitrogens with one attached hydrogen (secondary N) is 2. The van der Waals surface area contributed by atoms with E-state index >= 15 is 0 Å². The largest absolute Gasteiger partial charge is 0.331 e. The van der Waals surface area contributed by atoms with Crippen molar-refractivity contribution < 1.29 is 0 Å². The van der Waals surface area contributed by atoms with Crippen LogP contribution in [-0.2, 0) is 0 Å². The summed E-state index contributed by atoms with van der Waals surface area (Å²) in [5, 5.41) is 8.05. The molecule has 2 aromatic rings. The molecule has 1 aliphatic rings. The lowest BCUT2D eigenvalue weighted by Gasteiger charge is -2.22. The standard InChI is InChI=1S/C22H27N3S/c1-16-8-14-21(15-9-16)23-22(26)25-24-17(2)18-10-12-20(13-11-18)19-6-4-3-5-7-19/h8-15,19H,3-7H2,1-2H3,(H2,23,25,26). The molecule has 0 amide bonds. The van der Waals surface area contributed by atoms with Crippen LogP contribution in [0.1, 0.15) is 61.6 Å². The molecule has 1 aliphatic carbocycles. The van der Waals surface area contributed by atoms with Gasteiger partial charge in [0.25, 0.3) is 0 Å². The average molecular weight is 366 g/mol. The zero-order valence-electron chi connectivity index (χ0n) is 15.6. The lowest BCUT2D eigenvalue weighted by molar-refractivity contribution is 0.443. The molecule has 136 valence electrons. The fourth-order valence-electron chi connectivity index (χ4n) is 3.43. The molecule has 0 aromatic heterocycles. The second-order valence-electron chi connectivity index (χ2n) is 7.09. The van der Waals surface area contributed by atoms with Gasteiger partial charge in [0.15, 0.2) is 5.11 Å². The maximum atomic E-state index is 5.31. The van der Waals surface area contributed by atoms with E-state index in [2.05, 4.69) is 47.0 Å². The number of hydrazone groups is 1. The van der Waals surface area contributed by atoms with Gasteiger partial charge in [0, 0.05) is 5.69 Å². The smallest absolute Gasteiger partial charge is 0.191 e. The molecule has 3 rings (SSSR count). The van der Waals surface area contributed by atoms with E-state index in [9.17, 15) is 0 Å². The average Bonchev–Trinajstić information content (AvgIpc) is 2.69. The lowest BCUT2D eigenvalue weighted by Crippen LogP contribution is -2.24. The number of hydrogen-bond donors (Lipinski definition) is 2. The van der Waals surface area contributed by atoms with Gasteiger partial charge >= 0.3 is 0 Å². The van der Waals surface area contributed by atoms with Crippen LogP contribution >= 0.6 is 12.2 Å². The molecule has 1 fully saturated rings. The van der Waals surface area contributed by atoms with Gasteiger partial charge in [-0.2, -0.15) is 5.10 Å². The Hall–Kier alpha value is -2.20. The maximum absolute atomic E-state index is 5.31. The monoisotopic (exact) mass is 365 g/mol. The summed E-state index contributed by atoms with van der Waals surface area (Å²) < 4.78 is 0. The van der Waals surface area contributed by atoms with Gasteiger partial charge in [0.2, 0.25) is 0 Å². The molecule has 0 unspecified atom stereocenters. The first-order valence-electron chi connectivity index (χ1n) is 9.40. The number of benzene rings is 2. The maximum Gasteiger partial charge on any atom is 0.191 e. The molecule has 0 saturated heterocycles. The molecule has 2 aromatic carbocycles. The van der Waals surface area contributed by atoms with E-state index in [1.807, 2.05) is 31.2 Å². The third-order valence-electron chi connectivity index (χ3n) is 5.04. The fraction of sp³-hybridized carbons (Fsp3) is 0.364. The third-order valence-corrected chi connectivity index (χ3v) is 5.23. The van der Waals surface area contributed by atoms with E-state index in [0.717, 1.165) is 22.9 Å². The summed E-state index contributed by atoms with van der Waals surface area (Å²) in [6.45, 7) is 4.06. The van der Waals surface area contributed by atoms with Crippen molar-refractivity contribution in [2.24, 2.45) is 5.10 Å². The minimum absolute atomic E-state index is 0.493. The first kappa shape index (κ1) is 18.6. The van der Waals surface area contributed by atoms with Crippen LogP contribution in [0.15, 0.2) is 53.6 Å². The van der Waals surface area contributed by atoms with Crippen molar-refractivity contribution in [3.05, 3.63) is 65.2 Å². The molecule has 0 radical (unpaired) electrons. The van der Waals surface area contributed by atoms with Crippen LogP contribution in [0.25, 0.3) is 0 Å². The van der Waals surface area contributed by atoms with Crippen LogP contribution in [-0.4, -0.2) is 10.8 Å². The highest BCUT2D eigenvalue weighted by molar-refractivity contribution is 7.80. The summed E-state index contributed by atoms with van der Waals surface area (Å²) in [7, 11) is 0. The number of aryl methyl sites for hydroxylation is 1. The molecule has 0 atom stereocenters. The molecule has 0 spiro atoms. The van der Waals surface area contributed by atoms with E-state index in [-0.39, 0.29) is 0 Å². The van der Waals surface area contributed by atoms with Crippen molar-refractivity contribution >= 4 is 28.7 Å². The summed E-state index contributed by atoms with van der Waals surface area (Å²) in [4.78, 5) is 0. The van der Waals surface area contributed by atoms with Gasteiger partial charge in [-0.15, -0.1) is 0 Å². The zero-order valence-corrected chi connectivity index (χ0v) is 16.4. The van der Waals surface area contributed by atoms with Gasteiger partial charge < -0.3 is 5.32 Å². The van der Waals surface area contributed by atoms with Gasteiger partial charge in [-0.25, -0.2) is 0 Å². The highest BCUT2D eigenvalue weighted by Crippen LogP contribution is 2.32. The molecule has 0 bridgehead atoms. The number of rotatable bonds is 4. The minimum atomic E-state index is 0.493. The minimum Gasteiger partial charge on any atom is -0.331 e. The normalized spacial score (nSPS) is 15.5. The van der Waals surface area contributed by atoms with E-state index in [0.29, 0.717) is 5.11 Å². The fourth-order valence-corrected chi connectivity index (χ4v) is 3.59. The van der Waals surface area contributed by atoms with Crippen molar-refractivity contribution in [2.45, 2.75) is 51.9 Å². The zero-order chi connectivity index (χ0) is 18.4. The molecule has 3 nitrogen and oxygen atoms in total. The van der Waals surface area contributed by atoms with Crippen LogP contribution in [0.5, 0.6) is 0 Å². The van der Waals surface area contributed by atoms with Crippen LogP contribution in [0, 0.1) is 6.92 Å². The van der Waals surface area contributed by atoms with E-state index in [4.69, 9.17) is 12.2 Å². The number of nitrogens with zero attached hydrogens (tertiary/aromatic N) is 1. The van der Waals surface area contributed by atoms with Crippen molar-refractivity contribution in [1.29, 1.82) is 0 Å². The molecule has 0 aliphatic heterocycles. The van der Waals surface area contributed by atoms with E-state index < -0.39 is 0 Å². The Balaban J connectivity index is 1.56. The van der Waals surface area contributed by atoms with Gasteiger partial charge in [-0.3, -0.25) is 5.43 Å². The quantitative estimate of drug-likeness (QED) is 0.411. The molecular formula is C22H27N3S. The Morgan fingerprint density at radius 2 is 1.62 bits per heavy atom. The molecule has 0 heterocycles. The molecular weight excluding hydrogens is 338 g/mol. The second-order valence-corrected chi connectivity index (χ2v) is 7.49. The van der Waals surface area contributed by atoms with Crippen LogP contribution < -0.4 is 10.7 Å². The number of hydrogen-bond acceptors (Lipinski definition) is 2. The number of anilines is 1. The predicted octanol–water partition coefficient (Wildman–Crippen LogP) is 5.75. The second kappa shape index (κ2) is 8.95. The van der Waals surface area contributed by atoms with E-state index in [1.54, 1.807) is 0 Å². The van der Waals surface area contributed by atoms with E-state index in [1.165, 1.54) is 43.2 Å². The Morgan fingerprint density at radius 3 is 2.27 bits per heavy atom. The predicted molar refractivity (Wildman–Crippen MR) is 115 cm³/mol. The van der Waals surface area contributed by atoms with Crippen molar-refractivity contribution in [3.63, 3.8) is 0 Å². The summed E-state index contributed by atoms with van der Waals surface area (Å²) in [6.07, 6.45) is 6.77. The Morgan fingerprint density at radius 1 is 0.962 bits per heavy atom. The third kappa shape index (κ3) is 5.15. The summed E-state index contributed by atoms with van der Waals surface area (Å²) in [5.74, 6) is 0.736. The molecule has 4 heteroatoms. The van der Waals surface area contributed by atoms with Crippen molar-refractivity contribution in [1.82, 2.24) is 5.43 Å². The highest BCUT2D eigenvalue weighted by atomic mass is 32.1. The lowest BCUT2D eigenvalue weighted by atomic mass is 9.84. The van der Waals surface area contributed by atoms with Crippen molar-refractivity contribution in [3.8, 4) is 0 Å². The number of thiocarbonyl (C=S) groups is 1. The topological polar surface area (TPSA) is 36.4 Å². The first-order chi connectivity index (χ1) is 12.6. The van der Waals surface area contributed by atoms with Crippen LogP contribution in [0.4, 0.5) is 5.69 Å². The molecule has 1 saturated carbocycles. The summed E-state index contributed by atoms with van der Waals surface area (Å²) in [5.41, 5.74) is 8.62. The van der Waals surface area contributed by atoms with Crippen molar-refractivity contribution in [2.75, 3.05) is 5.32 Å². The Labute approximate surface area is 161 Å². The van der Waals surface area contributed by atoms with Gasteiger partial charge in [0.1, 0.15) is 0 Å². The first-order valence-corrected chi connectivity index (χ1v) is 9.81. The van der Waals surface area contributed by atoms with Gasteiger partial charge in [-0.1, -0.05) is 61.2 Å². The summed E-state index contributed by atoms with van der Waals surface area (Å²) >= 11 is 5.31. The molecule has 2 N–H and O–H groups in total. The van der Waals surface area contributed by atoms with Gasteiger partial charge in [0.05, 0.1) is 5.71 Å². The molecule has 26 heavy (non-hydrogen) atoms. The van der Waals surface area contributed by atoms with Gasteiger partial charge in [-0.05, 0) is 68.1 Å². The van der Waals surface area contributed by atoms with Crippen LogP contribution in [0.2, 0.25) is 0 Å². The highest BCUT2D eigenvalue weighted by Gasteiger charge is 2.15. The SMILES string of the molecule is CC(=NNC(=S)Nc1ccc(C)cc1)c1ccc(C2CCCCC2)cc1. The Kier molecular flexibility index (Phi) is 6.40.